The van der Waals surface area contributed by atoms with Crippen molar-refractivity contribution in [1.82, 2.24) is 0 Å². The summed E-state index contributed by atoms with van der Waals surface area (Å²) in [6.45, 7) is 0.358. The van der Waals surface area contributed by atoms with Gasteiger partial charge in [0, 0.05) is 17.9 Å². The largest absolute Gasteiger partial charge is 0.326 e. The molecule has 22 heavy (non-hydrogen) atoms. The zero-order valence-corrected chi connectivity index (χ0v) is 12.1. The molecule has 0 spiro atoms. The van der Waals surface area contributed by atoms with E-state index in [-0.39, 0.29) is 18.4 Å². The summed E-state index contributed by atoms with van der Waals surface area (Å²) in [6, 6.07) is 14.9. The van der Waals surface area contributed by atoms with E-state index in [0.717, 1.165) is 16.8 Å². The number of nitrogens with one attached hydrogen (secondary N) is 1. The first-order valence-electron chi connectivity index (χ1n) is 7.15. The topological polar surface area (TPSA) is 75.4 Å². The number of rotatable bonds is 4. The Bertz CT molecular complexity index is 727. The Morgan fingerprint density at radius 3 is 2.68 bits per heavy atom. The fourth-order valence-corrected chi connectivity index (χ4v) is 2.64. The average Bonchev–Trinajstić information content (AvgIpc) is 2.84. The van der Waals surface area contributed by atoms with E-state index < -0.39 is 0 Å². The number of hydrogen-bond donors (Lipinski definition) is 2. The second-order valence-corrected chi connectivity index (χ2v) is 5.19. The zero-order chi connectivity index (χ0) is 15.5. The summed E-state index contributed by atoms with van der Waals surface area (Å²) < 4.78 is 0. The number of anilines is 2. The molecule has 5 heteroatoms. The minimum atomic E-state index is -0.231. The Morgan fingerprint density at radius 2 is 1.86 bits per heavy atom. The van der Waals surface area contributed by atoms with Gasteiger partial charge in [-0.1, -0.05) is 36.4 Å². The van der Waals surface area contributed by atoms with E-state index in [4.69, 9.17) is 5.73 Å². The van der Waals surface area contributed by atoms with Gasteiger partial charge in [0.05, 0.1) is 6.42 Å². The fourth-order valence-electron chi connectivity index (χ4n) is 2.64. The molecule has 0 aliphatic carbocycles. The van der Waals surface area contributed by atoms with Crippen molar-refractivity contribution >= 4 is 23.2 Å². The summed E-state index contributed by atoms with van der Waals surface area (Å²) in [7, 11) is 0. The summed E-state index contributed by atoms with van der Waals surface area (Å²) in [5.74, 6) is -0.283. The number of para-hydroxylation sites is 2. The highest BCUT2D eigenvalue weighted by Gasteiger charge is 2.28. The standard InChI is InChI=1S/C17H17N3O2/c18-10-13-6-1-3-7-14(13)19-16(21)11-20-15-8-4-2-5-12(15)9-17(20)22/h1-8H,9-11,18H2,(H,19,21). The number of benzene rings is 2. The minimum Gasteiger partial charge on any atom is -0.326 e. The predicted octanol–water partition coefficient (Wildman–Crippen LogP) is 1.67. The Balaban J connectivity index is 1.74. The van der Waals surface area contributed by atoms with Gasteiger partial charge in [-0.2, -0.15) is 0 Å². The van der Waals surface area contributed by atoms with E-state index in [1.807, 2.05) is 42.5 Å². The number of amides is 2. The van der Waals surface area contributed by atoms with Gasteiger partial charge in [-0.25, -0.2) is 0 Å². The smallest absolute Gasteiger partial charge is 0.244 e. The molecule has 1 aliphatic heterocycles. The van der Waals surface area contributed by atoms with E-state index in [9.17, 15) is 9.59 Å². The van der Waals surface area contributed by atoms with Gasteiger partial charge in [0.1, 0.15) is 6.54 Å². The fraction of sp³-hybridized carbons (Fsp3) is 0.176. The number of carbonyl (C=O) groups is 2. The molecule has 2 amide bonds. The molecular weight excluding hydrogens is 278 g/mol. The van der Waals surface area contributed by atoms with Crippen LogP contribution in [0.3, 0.4) is 0 Å². The van der Waals surface area contributed by atoms with Crippen LogP contribution in [-0.4, -0.2) is 18.4 Å². The highest BCUT2D eigenvalue weighted by molar-refractivity contribution is 6.07. The molecule has 0 atom stereocenters. The Kier molecular flexibility index (Phi) is 3.89. The van der Waals surface area contributed by atoms with Gasteiger partial charge >= 0.3 is 0 Å². The summed E-state index contributed by atoms with van der Waals surface area (Å²) >= 11 is 0. The third kappa shape index (κ3) is 2.71. The number of nitrogens with two attached hydrogens (primary N) is 1. The van der Waals surface area contributed by atoms with Gasteiger partial charge in [-0.15, -0.1) is 0 Å². The van der Waals surface area contributed by atoms with Crippen molar-refractivity contribution in [1.29, 1.82) is 0 Å². The molecule has 0 saturated heterocycles. The number of fused-ring (bicyclic) bond motifs is 1. The third-order valence-corrected chi connectivity index (χ3v) is 3.74. The van der Waals surface area contributed by atoms with Crippen molar-refractivity contribution < 1.29 is 9.59 Å². The average molecular weight is 295 g/mol. The highest BCUT2D eigenvalue weighted by atomic mass is 16.2. The van der Waals surface area contributed by atoms with Gasteiger partial charge < -0.3 is 16.0 Å². The summed E-state index contributed by atoms with van der Waals surface area (Å²) in [4.78, 5) is 25.8. The molecule has 112 valence electrons. The lowest BCUT2D eigenvalue weighted by Gasteiger charge is -2.17. The van der Waals surface area contributed by atoms with Crippen LogP contribution in [0.25, 0.3) is 0 Å². The van der Waals surface area contributed by atoms with Gasteiger partial charge in [0.25, 0.3) is 0 Å². The van der Waals surface area contributed by atoms with E-state index in [2.05, 4.69) is 5.32 Å². The van der Waals surface area contributed by atoms with Crippen molar-refractivity contribution in [2.75, 3.05) is 16.8 Å². The van der Waals surface area contributed by atoms with Crippen molar-refractivity contribution in [2.45, 2.75) is 13.0 Å². The maximum Gasteiger partial charge on any atom is 0.244 e. The van der Waals surface area contributed by atoms with Crippen LogP contribution in [0, 0.1) is 0 Å². The van der Waals surface area contributed by atoms with Crippen LogP contribution in [-0.2, 0) is 22.6 Å². The molecule has 1 heterocycles. The molecule has 2 aromatic rings. The maximum atomic E-state index is 12.2. The number of hydrogen-bond acceptors (Lipinski definition) is 3. The normalized spacial score (nSPS) is 13.1. The van der Waals surface area contributed by atoms with Gasteiger partial charge in [-0.05, 0) is 23.3 Å². The van der Waals surface area contributed by atoms with Crippen LogP contribution >= 0.6 is 0 Å². The van der Waals surface area contributed by atoms with Gasteiger partial charge in [0.15, 0.2) is 0 Å². The quantitative estimate of drug-likeness (QED) is 0.901. The van der Waals surface area contributed by atoms with Crippen molar-refractivity contribution in [2.24, 2.45) is 5.73 Å². The van der Waals surface area contributed by atoms with E-state index in [1.165, 1.54) is 4.90 Å². The zero-order valence-electron chi connectivity index (χ0n) is 12.1. The van der Waals surface area contributed by atoms with Crippen LogP contribution in [0.15, 0.2) is 48.5 Å². The summed E-state index contributed by atoms with van der Waals surface area (Å²) in [5.41, 5.74) is 8.99. The molecule has 0 saturated carbocycles. The van der Waals surface area contributed by atoms with Crippen LogP contribution < -0.4 is 16.0 Å². The van der Waals surface area contributed by atoms with Crippen molar-refractivity contribution in [3.8, 4) is 0 Å². The second kappa shape index (κ2) is 5.99. The molecule has 3 rings (SSSR count). The SMILES string of the molecule is NCc1ccccc1NC(=O)CN1C(=O)Cc2ccccc21. The molecule has 0 unspecified atom stereocenters. The number of nitrogens with zero attached hydrogens (tertiary/aromatic N) is 1. The van der Waals surface area contributed by atoms with E-state index in [0.29, 0.717) is 18.7 Å². The third-order valence-electron chi connectivity index (χ3n) is 3.74. The highest BCUT2D eigenvalue weighted by Crippen LogP contribution is 2.28. The first-order valence-corrected chi connectivity index (χ1v) is 7.15. The minimum absolute atomic E-state index is 0.00868. The lowest BCUT2D eigenvalue weighted by molar-refractivity contribution is -0.120. The first-order chi connectivity index (χ1) is 10.7. The lowest BCUT2D eigenvalue weighted by Crippen LogP contribution is -2.35. The molecule has 5 nitrogen and oxygen atoms in total. The lowest BCUT2D eigenvalue weighted by atomic mass is 10.2. The Morgan fingerprint density at radius 1 is 1.14 bits per heavy atom. The summed E-state index contributed by atoms with van der Waals surface area (Å²) in [5, 5.41) is 2.83. The maximum absolute atomic E-state index is 12.2. The second-order valence-electron chi connectivity index (χ2n) is 5.19. The molecule has 0 radical (unpaired) electrons. The van der Waals surface area contributed by atoms with Crippen LogP contribution in [0.5, 0.6) is 0 Å². The predicted molar refractivity (Wildman–Crippen MR) is 85.5 cm³/mol. The molecule has 3 N–H and O–H groups in total. The monoisotopic (exact) mass is 295 g/mol. The van der Waals surface area contributed by atoms with Crippen molar-refractivity contribution in [3.63, 3.8) is 0 Å². The van der Waals surface area contributed by atoms with Gasteiger partial charge in [0.2, 0.25) is 11.8 Å². The van der Waals surface area contributed by atoms with Crippen LogP contribution in [0.4, 0.5) is 11.4 Å². The Hall–Kier alpha value is -2.66. The molecule has 0 bridgehead atoms. The summed E-state index contributed by atoms with van der Waals surface area (Å²) in [6.07, 6.45) is 0.350. The van der Waals surface area contributed by atoms with Crippen LogP contribution in [0.1, 0.15) is 11.1 Å². The van der Waals surface area contributed by atoms with Crippen LogP contribution in [0.2, 0.25) is 0 Å². The molecule has 0 fully saturated rings. The Labute approximate surface area is 128 Å². The first kappa shape index (κ1) is 14.3. The van der Waals surface area contributed by atoms with Gasteiger partial charge in [-0.3, -0.25) is 9.59 Å². The van der Waals surface area contributed by atoms with Crippen molar-refractivity contribution in [3.05, 3.63) is 59.7 Å². The van der Waals surface area contributed by atoms with E-state index in [1.54, 1.807) is 6.07 Å². The number of carbonyl (C=O) groups excluding carboxylic acids is 2. The molecule has 1 aliphatic rings. The molecule has 0 aromatic heterocycles. The molecular formula is C17H17N3O2. The van der Waals surface area contributed by atoms with E-state index >= 15 is 0 Å². The molecule has 2 aromatic carbocycles.